The average molecular weight is 364 g/mol. The molecule has 2 aliphatic rings. The Morgan fingerprint density at radius 3 is 0.619 bits per heavy atom. The van der Waals surface area contributed by atoms with Crippen LogP contribution >= 0.6 is 0 Å². The van der Waals surface area contributed by atoms with E-state index in [9.17, 15) is 0 Å². The van der Waals surface area contributed by atoms with Crippen molar-refractivity contribution in [2.24, 2.45) is 0 Å². The first kappa shape index (κ1) is 26.8. The molecule has 0 amide bonds. The zero-order valence-corrected chi connectivity index (χ0v) is 18.1. The Balaban J connectivity index is -0.000000270. The molecule has 2 aliphatic carbocycles. The minimum absolute atomic E-state index is 0. The summed E-state index contributed by atoms with van der Waals surface area (Å²) in [5, 5.41) is 0. The van der Waals surface area contributed by atoms with Crippen LogP contribution in [-0.4, -0.2) is 0 Å². The van der Waals surface area contributed by atoms with Crippen molar-refractivity contribution in [3.05, 3.63) is 75.0 Å². The Kier molecular flexibility index (Phi) is 14.6. The van der Waals surface area contributed by atoms with Gasteiger partial charge >= 0.3 is 26.2 Å². The molecule has 21 heavy (non-hydrogen) atoms. The Bertz CT molecular complexity index is 200. The Morgan fingerprint density at radius 2 is 0.571 bits per heavy atom. The molecular weight excluding hydrogens is 331 g/mol. The maximum absolute atomic E-state index is 2.24. The summed E-state index contributed by atoms with van der Waals surface area (Å²) < 4.78 is 0. The molecule has 0 saturated heterocycles. The molecule has 0 heterocycles. The van der Waals surface area contributed by atoms with Gasteiger partial charge in [-0.2, -0.15) is 0 Å². The van der Waals surface area contributed by atoms with Crippen LogP contribution in [0.1, 0.15) is 55.4 Å². The van der Waals surface area contributed by atoms with Crippen LogP contribution < -0.4 is 0 Å². The number of rotatable bonds is 0. The molecule has 0 spiro atoms. The fraction of sp³-hybridized carbons (Fsp3) is 0.400. The molecule has 0 aliphatic heterocycles. The SMILES string of the molecule is C[C]1[CH][C](C)[C](C)[C]1C.C[C]1[CH][C](C)[C](C)[C]1C.[CH3-].[CH3-].[Zr+4]. The molecule has 0 aromatic heterocycles. The van der Waals surface area contributed by atoms with Crippen molar-refractivity contribution in [1.82, 2.24) is 0 Å². The molecule has 0 aromatic carbocycles. The normalized spacial score (nSPS) is 24.0. The van der Waals surface area contributed by atoms with Crippen molar-refractivity contribution in [3.8, 4) is 0 Å². The van der Waals surface area contributed by atoms with Crippen molar-refractivity contribution in [2.75, 3.05) is 0 Å². The van der Waals surface area contributed by atoms with E-state index in [0.29, 0.717) is 0 Å². The summed E-state index contributed by atoms with van der Waals surface area (Å²) in [6.07, 6.45) is 4.48. The van der Waals surface area contributed by atoms with E-state index in [1.165, 1.54) is 47.3 Å². The van der Waals surface area contributed by atoms with Gasteiger partial charge < -0.3 is 14.9 Å². The summed E-state index contributed by atoms with van der Waals surface area (Å²) in [7, 11) is 0. The van der Waals surface area contributed by atoms with Crippen LogP contribution in [0, 0.1) is 75.0 Å². The first-order chi connectivity index (χ1) is 8.25. The number of hydrogen-bond acceptors (Lipinski definition) is 0. The largest absolute Gasteiger partial charge is 4.00 e. The molecule has 0 N–H and O–H groups in total. The third-order valence-corrected chi connectivity index (χ3v) is 4.36. The summed E-state index contributed by atoms with van der Waals surface area (Å²) in [6.45, 7) is 17.4. The predicted octanol–water partition coefficient (Wildman–Crippen LogP) is 6.06. The minimum atomic E-state index is 0. The molecule has 114 valence electrons. The van der Waals surface area contributed by atoms with E-state index < -0.39 is 0 Å². The maximum Gasteiger partial charge on any atom is 4.00 e. The van der Waals surface area contributed by atoms with Gasteiger partial charge in [-0.25, -0.2) is 0 Å². The van der Waals surface area contributed by atoms with E-state index in [-0.39, 0.29) is 41.1 Å². The van der Waals surface area contributed by atoms with Crippen LogP contribution in [0.25, 0.3) is 0 Å². The second-order valence-corrected chi connectivity index (χ2v) is 5.52. The van der Waals surface area contributed by atoms with Crippen molar-refractivity contribution >= 4 is 0 Å². The standard InChI is InChI=1S/2C9H13.2CH3.Zr/c2*1-6-5-7(2)9(4)8(6)3;;;/h2*5H,1-4H3;2*1H3;/q;;2*-1;+4. The molecule has 0 bridgehead atoms. The van der Waals surface area contributed by atoms with Crippen LogP contribution in [0.2, 0.25) is 0 Å². The monoisotopic (exact) mass is 362 g/mol. The molecule has 2 rings (SSSR count). The van der Waals surface area contributed by atoms with Crippen LogP contribution in [-0.2, 0) is 26.2 Å². The third kappa shape index (κ3) is 6.89. The molecular formula is C20H32Zr+2. The van der Waals surface area contributed by atoms with Crippen LogP contribution in [0.4, 0.5) is 0 Å². The molecule has 1 heteroatoms. The van der Waals surface area contributed by atoms with Gasteiger partial charge in [0.1, 0.15) is 0 Å². The van der Waals surface area contributed by atoms with Gasteiger partial charge in [-0.3, -0.25) is 0 Å². The van der Waals surface area contributed by atoms with E-state index in [2.05, 4.69) is 68.2 Å². The van der Waals surface area contributed by atoms with Crippen molar-refractivity contribution < 1.29 is 26.2 Å². The van der Waals surface area contributed by atoms with Gasteiger partial charge in [-0.05, 0) is 60.2 Å². The molecule has 0 atom stereocenters. The summed E-state index contributed by atoms with van der Waals surface area (Å²) in [5.74, 6) is 11.5. The van der Waals surface area contributed by atoms with E-state index in [1.54, 1.807) is 0 Å². The molecule has 0 nitrogen and oxygen atoms in total. The Hall–Kier alpha value is 0.883. The first-order valence-electron chi connectivity index (χ1n) is 6.65. The Morgan fingerprint density at radius 1 is 0.429 bits per heavy atom. The molecule has 2 fully saturated rings. The third-order valence-electron chi connectivity index (χ3n) is 4.36. The van der Waals surface area contributed by atoms with E-state index >= 15 is 0 Å². The second-order valence-electron chi connectivity index (χ2n) is 5.52. The number of hydrogen-bond donors (Lipinski definition) is 0. The smallest absolute Gasteiger partial charge is 0.358 e. The van der Waals surface area contributed by atoms with Gasteiger partial charge in [-0.1, -0.05) is 55.4 Å². The zero-order valence-electron chi connectivity index (χ0n) is 15.7. The quantitative estimate of drug-likeness (QED) is 0.459. The van der Waals surface area contributed by atoms with Gasteiger partial charge in [0.05, 0.1) is 0 Å². The maximum atomic E-state index is 2.24. The molecule has 0 unspecified atom stereocenters. The Labute approximate surface area is 156 Å². The van der Waals surface area contributed by atoms with Crippen molar-refractivity contribution in [1.29, 1.82) is 0 Å². The summed E-state index contributed by atoms with van der Waals surface area (Å²) >= 11 is 0. The molecule has 2 saturated carbocycles. The molecule has 0 aromatic rings. The summed E-state index contributed by atoms with van der Waals surface area (Å²) in [6, 6.07) is 0. The van der Waals surface area contributed by atoms with E-state index in [0.717, 1.165) is 0 Å². The van der Waals surface area contributed by atoms with Crippen molar-refractivity contribution in [2.45, 2.75) is 55.4 Å². The first-order valence-corrected chi connectivity index (χ1v) is 6.65. The average Bonchev–Trinajstić information content (AvgIpc) is 2.66. The molecule has 10 radical (unpaired) electrons. The second kappa shape index (κ2) is 11.4. The van der Waals surface area contributed by atoms with E-state index in [1.807, 2.05) is 0 Å². The fourth-order valence-corrected chi connectivity index (χ4v) is 2.27. The van der Waals surface area contributed by atoms with Crippen LogP contribution in [0.15, 0.2) is 0 Å². The van der Waals surface area contributed by atoms with Gasteiger partial charge in [-0.15, -0.1) is 0 Å². The summed E-state index contributed by atoms with van der Waals surface area (Å²) in [4.78, 5) is 0. The topological polar surface area (TPSA) is 0 Å². The fourth-order valence-electron chi connectivity index (χ4n) is 2.27. The van der Waals surface area contributed by atoms with Gasteiger partial charge in [0.25, 0.3) is 0 Å². The predicted molar refractivity (Wildman–Crippen MR) is 92.8 cm³/mol. The zero-order chi connectivity index (χ0) is 14.0. The van der Waals surface area contributed by atoms with Gasteiger partial charge in [0, 0.05) is 0 Å². The van der Waals surface area contributed by atoms with Crippen LogP contribution in [0.5, 0.6) is 0 Å². The van der Waals surface area contributed by atoms with Gasteiger partial charge in [0.15, 0.2) is 0 Å². The van der Waals surface area contributed by atoms with Crippen LogP contribution in [0.3, 0.4) is 0 Å². The minimum Gasteiger partial charge on any atom is -0.358 e. The van der Waals surface area contributed by atoms with E-state index in [4.69, 9.17) is 0 Å². The van der Waals surface area contributed by atoms with Gasteiger partial charge in [0.2, 0.25) is 0 Å². The summed E-state index contributed by atoms with van der Waals surface area (Å²) in [5.41, 5.74) is 0. The van der Waals surface area contributed by atoms with Crippen molar-refractivity contribution in [3.63, 3.8) is 0 Å².